The van der Waals surface area contributed by atoms with E-state index in [-0.39, 0.29) is 11.3 Å². The number of para-hydroxylation sites is 1. The minimum Gasteiger partial charge on any atom is -0.478 e. The molecule has 1 saturated heterocycles. The molecule has 1 aromatic carbocycles. The molecule has 21 heavy (non-hydrogen) atoms. The monoisotopic (exact) mass is 299 g/mol. The Morgan fingerprint density at radius 3 is 2.43 bits per heavy atom. The molecule has 2 rings (SSSR count). The van der Waals surface area contributed by atoms with E-state index < -0.39 is 43.2 Å². The maximum atomic E-state index is 11.1. The molecule has 1 aliphatic heterocycles. The number of aromatic carboxylic acids is 1. The summed E-state index contributed by atoms with van der Waals surface area (Å²) >= 11 is 0. The Balaban J connectivity index is 2.20. The Bertz CT molecular complexity index is 507. The van der Waals surface area contributed by atoms with Crippen molar-refractivity contribution in [1.82, 2.24) is 0 Å². The number of carboxylic acid groups (broad SMARTS) is 1. The van der Waals surface area contributed by atoms with E-state index in [0.29, 0.717) is 0 Å². The molecule has 1 aromatic rings. The Hall–Kier alpha value is -1.71. The number of benzene rings is 1. The van der Waals surface area contributed by atoms with E-state index in [2.05, 4.69) is 5.32 Å². The van der Waals surface area contributed by atoms with Crippen molar-refractivity contribution >= 4 is 11.7 Å². The molecule has 1 fully saturated rings. The lowest BCUT2D eigenvalue weighted by atomic mass is 9.98. The first-order valence-electron chi connectivity index (χ1n) is 6.35. The SMILES string of the molecule is O=C(O)c1ccccc1N[C@@H]1O[C@H](CO)[C@@H](O)[C@H](O)[C@H]1O. The van der Waals surface area contributed by atoms with E-state index in [1.165, 1.54) is 12.1 Å². The van der Waals surface area contributed by atoms with Crippen molar-refractivity contribution in [3.8, 4) is 0 Å². The van der Waals surface area contributed by atoms with Gasteiger partial charge >= 0.3 is 5.97 Å². The van der Waals surface area contributed by atoms with E-state index in [1.807, 2.05) is 0 Å². The molecule has 6 N–H and O–H groups in total. The first kappa shape index (κ1) is 15.7. The van der Waals surface area contributed by atoms with E-state index in [1.54, 1.807) is 12.1 Å². The highest BCUT2D eigenvalue weighted by Gasteiger charge is 2.43. The predicted octanol–water partition coefficient (Wildman–Crippen LogP) is -1.40. The van der Waals surface area contributed by atoms with Crippen LogP contribution in [-0.2, 0) is 4.74 Å². The van der Waals surface area contributed by atoms with Crippen molar-refractivity contribution in [3.05, 3.63) is 29.8 Å². The van der Waals surface area contributed by atoms with E-state index in [0.717, 1.165) is 0 Å². The van der Waals surface area contributed by atoms with Crippen LogP contribution >= 0.6 is 0 Å². The van der Waals surface area contributed by atoms with Crippen molar-refractivity contribution in [3.63, 3.8) is 0 Å². The minimum atomic E-state index is -1.52. The molecule has 0 amide bonds. The van der Waals surface area contributed by atoms with Gasteiger partial charge in [0.15, 0.2) is 6.23 Å². The molecule has 1 heterocycles. The highest BCUT2D eigenvalue weighted by molar-refractivity contribution is 5.94. The van der Waals surface area contributed by atoms with Crippen molar-refractivity contribution in [1.29, 1.82) is 0 Å². The average Bonchev–Trinajstić information content (AvgIpc) is 2.48. The fourth-order valence-corrected chi connectivity index (χ4v) is 2.17. The molecular formula is C13H17NO7. The quantitative estimate of drug-likeness (QED) is 0.399. The zero-order valence-corrected chi connectivity index (χ0v) is 11.0. The van der Waals surface area contributed by atoms with Gasteiger partial charge in [0.2, 0.25) is 0 Å². The summed E-state index contributed by atoms with van der Waals surface area (Å²) in [4.78, 5) is 11.1. The highest BCUT2D eigenvalue weighted by atomic mass is 16.6. The van der Waals surface area contributed by atoms with E-state index in [4.69, 9.17) is 14.9 Å². The molecule has 116 valence electrons. The third kappa shape index (κ3) is 3.14. The lowest BCUT2D eigenvalue weighted by Gasteiger charge is -2.40. The topological polar surface area (TPSA) is 139 Å². The molecule has 0 bridgehead atoms. The van der Waals surface area contributed by atoms with Gasteiger partial charge in [-0.25, -0.2) is 4.79 Å². The van der Waals surface area contributed by atoms with Crippen molar-refractivity contribution in [2.75, 3.05) is 11.9 Å². The summed E-state index contributed by atoms with van der Waals surface area (Å²) in [5.74, 6) is -1.16. The van der Waals surface area contributed by atoms with Crippen LogP contribution in [0, 0.1) is 0 Å². The predicted molar refractivity (Wildman–Crippen MR) is 70.8 cm³/mol. The minimum absolute atomic E-state index is 0.0329. The number of nitrogens with one attached hydrogen (secondary N) is 1. The molecular weight excluding hydrogens is 282 g/mol. The van der Waals surface area contributed by atoms with Gasteiger partial charge in [0, 0.05) is 0 Å². The third-order valence-electron chi connectivity index (χ3n) is 3.35. The molecule has 0 unspecified atom stereocenters. The van der Waals surface area contributed by atoms with Gasteiger partial charge in [-0.15, -0.1) is 0 Å². The largest absolute Gasteiger partial charge is 0.478 e. The van der Waals surface area contributed by atoms with Crippen LogP contribution in [0.4, 0.5) is 5.69 Å². The van der Waals surface area contributed by atoms with Crippen molar-refractivity contribution in [2.24, 2.45) is 0 Å². The molecule has 0 saturated carbocycles. The lowest BCUT2D eigenvalue weighted by Crippen LogP contribution is -2.60. The van der Waals surface area contributed by atoms with Crippen LogP contribution in [0.3, 0.4) is 0 Å². The third-order valence-corrected chi connectivity index (χ3v) is 3.35. The lowest BCUT2D eigenvalue weighted by molar-refractivity contribution is -0.221. The van der Waals surface area contributed by atoms with Gasteiger partial charge in [-0.05, 0) is 12.1 Å². The van der Waals surface area contributed by atoms with Crippen LogP contribution in [0.1, 0.15) is 10.4 Å². The van der Waals surface area contributed by atoms with Crippen LogP contribution in [0.15, 0.2) is 24.3 Å². The number of aliphatic hydroxyl groups excluding tert-OH is 4. The molecule has 1 aliphatic rings. The van der Waals surface area contributed by atoms with Gasteiger partial charge in [0.25, 0.3) is 0 Å². The van der Waals surface area contributed by atoms with Crippen LogP contribution in [-0.4, -0.2) is 68.8 Å². The van der Waals surface area contributed by atoms with Crippen LogP contribution in [0.2, 0.25) is 0 Å². The Kier molecular flexibility index (Phi) is 4.76. The summed E-state index contributed by atoms with van der Waals surface area (Å²) < 4.78 is 5.26. The van der Waals surface area contributed by atoms with Gasteiger partial charge in [-0.1, -0.05) is 12.1 Å². The summed E-state index contributed by atoms with van der Waals surface area (Å²) in [5.41, 5.74) is 0.156. The smallest absolute Gasteiger partial charge is 0.337 e. The van der Waals surface area contributed by atoms with E-state index >= 15 is 0 Å². The highest BCUT2D eigenvalue weighted by Crippen LogP contribution is 2.24. The zero-order valence-electron chi connectivity index (χ0n) is 11.0. The number of rotatable bonds is 4. The number of hydrogen-bond acceptors (Lipinski definition) is 7. The summed E-state index contributed by atoms with van der Waals surface area (Å²) in [6.45, 7) is -0.552. The fourth-order valence-electron chi connectivity index (χ4n) is 2.17. The first-order valence-corrected chi connectivity index (χ1v) is 6.35. The Labute approximate surface area is 120 Å². The molecule has 5 atom stereocenters. The van der Waals surface area contributed by atoms with Crippen LogP contribution in [0.5, 0.6) is 0 Å². The number of anilines is 1. The molecule has 8 heteroatoms. The molecule has 0 aromatic heterocycles. The van der Waals surface area contributed by atoms with Gasteiger partial charge in [0.05, 0.1) is 17.9 Å². The molecule has 0 aliphatic carbocycles. The summed E-state index contributed by atoms with van der Waals surface area (Å²) in [6.07, 6.45) is -6.69. The second-order valence-electron chi connectivity index (χ2n) is 4.74. The summed E-state index contributed by atoms with van der Waals surface area (Å²) in [6, 6.07) is 5.99. The first-order chi connectivity index (χ1) is 9.95. The van der Waals surface area contributed by atoms with Crippen molar-refractivity contribution < 1.29 is 35.1 Å². The number of hydrogen-bond donors (Lipinski definition) is 6. The molecule has 0 spiro atoms. The van der Waals surface area contributed by atoms with Gasteiger partial charge < -0.3 is 35.6 Å². The summed E-state index contributed by atoms with van der Waals surface area (Å²) in [5, 5.41) is 50.1. The van der Waals surface area contributed by atoms with Crippen LogP contribution in [0.25, 0.3) is 0 Å². The fraction of sp³-hybridized carbons (Fsp3) is 0.462. The summed E-state index contributed by atoms with van der Waals surface area (Å²) in [7, 11) is 0. The Morgan fingerprint density at radius 2 is 1.81 bits per heavy atom. The van der Waals surface area contributed by atoms with Crippen molar-refractivity contribution in [2.45, 2.75) is 30.6 Å². The molecule has 0 radical (unpaired) electrons. The van der Waals surface area contributed by atoms with Gasteiger partial charge in [0.1, 0.15) is 24.4 Å². The number of carbonyl (C=O) groups is 1. The number of ether oxygens (including phenoxy) is 1. The second kappa shape index (κ2) is 6.37. The van der Waals surface area contributed by atoms with Crippen LogP contribution < -0.4 is 5.32 Å². The van der Waals surface area contributed by atoms with E-state index in [9.17, 15) is 20.1 Å². The Morgan fingerprint density at radius 1 is 1.14 bits per heavy atom. The molecule has 8 nitrogen and oxygen atoms in total. The maximum absolute atomic E-state index is 11.1. The average molecular weight is 299 g/mol. The second-order valence-corrected chi connectivity index (χ2v) is 4.74. The number of aliphatic hydroxyl groups is 4. The normalized spacial score (nSPS) is 32.7. The number of carboxylic acids is 1. The maximum Gasteiger partial charge on any atom is 0.337 e. The zero-order chi connectivity index (χ0) is 15.6. The van der Waals surface area contributed by atoms with Gasteiger partial charge in [-0.2, -0.15) is 0 Å². The standard InChI is InChI=1S/C13H17NO7/c15-5-8-9(16)10(17)11(18)12(21-8)14-7-4-2-1-3-6(7)13(19)20/h1-4,8-12,14-18H,5H2,(H,19,20)/t8-,9-,10+,11-,12-/m1/s1. The van der Waals surface area contributed by atoms with Gasteiger partial charge in [-0.3, -0.25) is 0 Å².